The van der Waals surface area contributed by atoms with Crippen molar-refractivity contribution in [3.8, 4) is 5.75 Å². The van der Waals surface area contributed by atoms with Gasteiger partial charge in [0.2, 0.25) is 0 Å². The van der Waals surface area contributed by atoms with Crippen molar-refractivity contribution >= 4 is 23.2 Å². The number of ether oxygens (including phenoxy) is 1. The van der Waals surface area contributed by atoms with Crippen LogP contribution in [0.1, 0.15) is 16.7 Å². The molecule has 1 rings (SSSR count). The van der Waals surface area contributed by atoms with E-state index in [2.05, 4.69) is 0 Å². The first-order valence-corrected chi connectivity index (χ1v) is 4.91. The summed E-state index contributed by atoms with van der Waals surface area (Å²) in [7, 11) is 1.64. The van der Waals surface area contributed by atoms with Gasteiger partial charge in [0.05, 0.1) is 7.11 Å². The van der Waals surface area contributed by atoms with Crippen molar-refractivity contribution in [1.29, 1.82) is 0 Å². The quantitative estimate of drug-likeness (QED) is 0.689. The molecule has 0 aliphatic carbocycles. The van der Waals surface area contributed by atoms with E-state index in [1.54, 1.807) is 7.11 Å². The van der Waals surface area contributed by atoms with Crippen LogP contribution in [0.25, 0.3) is 0 Å². The average Bonchev–Trinajstić information content (AvgIpc) is 2.12. The molecule has 0 unspecified atom stereocenters. The van der Waals surface area contributed by atoms with E-state index >= 15 is 0 Å². The Hall–Kier alpha value is -0.400. The van der Waals surface area contributed by atoms with Gasteiger partial charge in [0.1, 0.15) is 5.75 Å². The number of hydrogen-bond donors (Lipinski definition) is 0. The molecule has 0 spiro atoms. The van der Waals surface area contributed by atoms with Gasteiger partial charge in [-0.15, -0.1) is 11.6 Å². The van der Waals surface area contributed by atoms with Crippen molar-refractivity contribution in [3.63, 3.8) is 0 Å². The van der Waals surface area contributed by atoms with Crippen LogP contribution in [-0.2, 0) is 5.88 Å². The minimum Gasteiger partial charge on any atom is -0.496 e. The fourth-order valence-corrected chi connectivity index (χ4v) is 2.00. The first-order chi connectivity index (χ1) is 6.11. The Kier molecular flexibility index (Phi) is 3.46. The number of halogens is 2. The van der Waals surface area contributed by atoms with Crippen LogP contribution in [0.2, 0.25) is 5.02 Å². The molecular formula is C10H12Cl2O. The Balaban J connectivity index is 3.37. The molecule has 0 amide bonds. The largest absolute Gasteiger partial charge is 0.496 e. The molecule has 0 radical (unpaired) electrons. The second kappa shape index (κ2) is 4.21. The van der Waals surface area contributed by atoms with Crippen molar-refractivity contribution in [3.05, 3.63) is 27.8 Å². The van der Waals surface area contributed by atoms with Gasteiger partial charge in [-0.2, -0.15) is 0 Å². The summed E-state index contributed by atoms with van der Waals surface area (Å²) in [6.07, 6.45) is 0. The molecule has 72 valence electrons. The van der Waals surface area contributed by atoms with Gasteiger partial charge in [-0.3, -0.25) is 0 Å². The topological polar surface area (TPSA) is 9.23 Å². The van der Waals surface area contributed by atoms with Crippen LogP contribution in [0.5, 0.6) is 5.75 Å². The zero-order valence-electron chi connectivity index (χ0n) is 7.95. The summed E-state index contributed by atoms with van der Waals surface area (Å²) in [5, 5.41) is 0.676. The van der Waals surface area contributed by atoms with Gasteiger partial charge in [0.25, 0.3) is 0 Å². The first kappa shape index (κ1) is 10.7. The van der Waals surface area contributed by atoms with Gasteiger partial charge >= 0.3 is 0 Å². The molecule has 0 N–H and O–H groups in total. The number of alkyl halides is 1. The summed E-state index contributed by atoms with van der Waals surface area (Å²) < 4.78 is 5.18. The maximum atomic E-state index is 6.02. The number of benzene rings is 1. The Labute approximate surface area is 88.6 Å². The van der Waals surface area contributed by atoms with Crippen molar-refractivity contribution in [2.24, 2.45) is 0 Å². The van der Waals surface area contributed by atoms with Crippen LogP contribution in [0.3, 0.4) is 0 Å². The summed E-state index contributed by atoms with van der Waals surface area (Å²) >= 11 is 11.8. The predicted octanol–water partition coefficient (Wildman–Crippen LogP) is 3.70. The third kappa shape index (κ3) is 1.92. The Bertz CT molecular complexity index is 321. The molecule has 1 aromatic rings. The SMILES string of the molecule is COc1cc(Cl)c(CCl)c(C)c1C. The van der Waals surface area contributed by atoms with E-state index < -0.39 is 0 Å². The zero-order chi connectivity index (χ0) is 10.0. The molecular weight excluding hydrogens is 207 g/mol. The summed E-state index contributed by atoms with van der Waals surface area (Å²) in [5.74, 6) is 1.26. The molecule has 1 nitrogen and oxygen atoms in total. The zero-order valence-corrected chi connectivity index (χ0v) is 9.46. The van der Waals surface area contributed by atoms with Crippen LogP contribution < -0.4 is 4.74 Å². The van der Waals surface area contributed by atoms with Crippen molar-refractivity contribution < 1.29 is 4.74 Å². The van der Waals surface area contributed by atoms with Gasteiger partial charge in [0.15, 0.2) is 0 Å². The normalized spacial score (nSPS) is 10.2. The highest BCUT2D eigenvalue weighted by atomic mass is 35.5. The number of methoxy groups -OCH3 is 1. The minimum absolute atomic E-state index is 0.440. The molecule has 0 aliphatic heterocycles. The lowest BCUT2D eigenvalue weighted by atomic mass is 10.0. The molecule has 0 saturated heterocycles. The molecule has 0 saturated carbocycles. The van der Waals surface area contributed by atoms with Gasteiger partial charge in [-0.1, -0.05) is 11.6 Å². The molecule has 1 aromatic carbocycles. The molecule has 0 aromatic heterocycles. The van der Waals surface area contributed by atoms with E-state index in [4.69, 9.17) is 27.9 Å². The molecule has 0 atom stereocenters. The average molecular weight is 219 g/mol. The van der Waals surface area contributed by atoms with Crippen LogP contribution in [0.15, 0.2) is 6.07 Å². The maximum absolute atomic E-state index is 6.02. The molecule has 0 aliphatic rings. The lowest BCUT2D eigenvalue weighted by molar-refractivity contribution is 0.411. The molecule has 3 heteroatoms. The van der Waals surface area contributed by atoms with Gasteiger partial charge < -0.3 is 4.74 Å². The fraction of sp³-hybridized carbons (Fsp3) is 0.400. The third-order valence-electron chi connectivity index (χ3n) is 2.28. The van der Waals surface area contributed by atoms with Crippen molar-refractivity contribution in [2.45, 2.75) is 19.7 Å². The van der Waals surface area contributed by atoms with E-state index in [-0.39, 0.29) is 0 Å². The van der Waals surface area contributed by atoms with E-state index in [0.717, 1.165) is 22.4 Å². The standard InChI is InChI=1S/C10H12Cl2O/c1-6-7(2)10(13-3)4-9(12)8(6)5-11/h4H,5H2,1-3H3. The molecule has 0 heterocycles. The van der Waals surface area contributed by atoms with Gasteiger partial charge in [-0.25, -0.2) is 0 Å². The van der Waals surface area contributed by atoms with Crippen molar-refractivity contribution in [1.82, 2.24) is 0 Å². The maximum Gasteiger partial charge on any atom is 0.123 e. The van der Waals surface area contributed by atoms with Gasteiger partial charge in [0, 0.05) is 10.9 Å². The molecule has 0 fully saturated rings. The third-order valence-corrected chi connectivity index (χ3v) is 2.89. The smallest absolute Gasteiger partial charge is 0.123 e. The molecule has 13 heavy (non-hydrogen) atoms. The highest BCUT2D eigenvalue weighted by Crippen LogP contribution is 2.31. The summed E-state index contributed by atoms with van der Waals surface area (Å²) in [6, 6.07) is 1.81. The second-order valence-electron chi connectivity index (χ2n) is 2.92. The van der Waals surface area contributed by atoms with E-state index in [1.807, 2.05) is 19.9 Å². The van der Waals surface area contributed by atoms with E-state index in [0.29, 0.717) is 10.9 Å². The fourth-order valence-electron chi connectivity index (χ4n) is 1.28. The monoisotopic (exact) mass is 218 g/mol. The highest BCUT2D eigenvalue weighted by molar-refractivity contribution is 6.32. The summed E-state index contributed by atoms with van der Waals surface area (Å²) in [6.45, 7) is 4.00. The van der Waals surface area contributed by atoms with Crippen LogP contribution in [0.4, 0.5) is 0 Å². The van der Waals surface area contributed by atoms with E-state index in [9.17, 15) is 0 Å². The van der Waals surface area contributed by atoms with Crippen LogP contribution >= 0.6 is 23.2 Å². The lowest BCUT2D eigenvalue weighted by Gasteiger charge is -2.12. The molecule has 0 bridgehead atoms. The van der Waals surface area contributed by atoms with Gasteiger partial charge in [-0.05, 0) is 36.6 Å². The summed E-state index contributed by atoms with van der Waals surface area (Å²) in [4.78, 5) is 0. The van der Waals surface area contributed by atoms with Crippen LogP contribution in [0, 0.1) is 13.8 Å². The highest BCUT2D eigenvalue weighted by Gasteiger charge is 2.10. The second-order valence-corrected chi connectivity index (χ2v) is 3.60. The lowest BCUT2D eigenvalue weighted by Crippen LogP contribution is -1.95. The Morgan fingerprint density at radius 3 is 2.38 bits per heavy atom. The Morgan fingerprint density at radius 1 is 1.31 bits per heavy atom. The number of rotatable bonds is 2. The first-order valence-electron chi connectivity index (χ1n) is 4.00. The van der Waals surface area contributed by atoms with Crippen LogP contribution in [-0.4, -0.2) is 7.11 Å². The summed E-state index contributed by atoms with van der Waals surface area (Å²) in [5.41, 5.74) is 3.20. The van der Waals surface area contributed by atoms with E-state index in [1.165, 1.54) is 0 Å². The van der Waals surface area contributed by atoms with Crippen molar-refractivity contribution in [2.75, 3.05) is 7.11 Å². The minimum atomic E-state index is 0.440. The predicted molar refractivity (Wildman–Crippen MR) is 57.0 cm³/mol. The number of hydrogen-bond acceptors (Lipinski definition) is 1. The Morgan fingerprint density at radius 2 is 1.92 bits per heavy atom.